The molecule has 0 fully saturated rings. The summed E-state index contributed by atoms with van der Waals surface area (Å²) in [4.78, 5) is 15.2. The first-order valence-electron chi connectivity index (χ1n) is 8.90. The molecule has 27 heavy (non-hydrogen) atoms. The molecule has 6 heteroatoms. The van der Waals surface area contributed by atoms with Gasteiger partial charge >= 0.3 is 0 Å². The van der Waals surface area contributed by atoms with Gasteiger partial charge in [-0.05, 0) is 50.1 Å². The van der Waals surface area contributed by atoms with Gasteiger partial charge in [0, 0.05) is 28.9 Å². The van der Waals surface area contributed by atoms with Gasteiger partial charge in [0.15, 0.2) is 0 Å². The number of anilines is 1. The van der Waals surface area contributed by atoms with E-state index in [9.17, 15) is 4.79 Å². The number of aryl methyl sites for hydroxylation is 1. The van der Waals surface area contributed by atoms with Crippen LogP contribution in [0.25, 0.3) is 10.1 Å². The van der Waals surface area contributed by atoms with Crippen LogP contribution in [0.1, 0.15) is 34.6 Å². The van der Waals surface area contributed by atoms with Gasteiger partial charge < -0.3 is 4.90 Å². The monoisotopic (exact) mass is 399 g/mol. The number of amides is 1. The quantitative estimate of drug-likeness (QED) is 0.441. The number of nitrogens with one attached hydrogen (secondary N) is 1. The summed E-state index contributed by atoms with van der Waals surface area (Å²) in [6.07, 6.45) is 1.63. The number of fused-ring (bicyclic) bond motifs is 1. The van der Waals surface area contributed by atoms with Crippen LogP contribution in [-0.4, -0.2) is 25.2 Å². The average Bonchev–Trinajstić information content (AvgIpc) is 3.00. The van der Waals surface area contributed by atoms with Crippen molar-refractivity contribution < 1.29 is 4.79 Å². The van der Waals surface area contributed by atoms with Crippen molar-refractivity contribution in [2.45, 2.75) is 20.8 Å². The molecule has 0 unspecified atom stereocenters. The minimum absolute atomic E-state index is 0.296. The highest BCUT2D eigenvalue weighted by Crippen LogP contribution is 2.35. The van der Waals surface area contributed by atoms with Crippen LogP contribution in [0.15, 0.2) is 47.6 Å². The van der Waals surface area contributed by atoms with Crippen LogP contribution in [0.5, 0.6) is 0 Å². The van der Waals surface area contributed by atoms with Crippen molar-refractivity contribution in [3.8, 4) is 0 Å². The number of hydrazone groups is 1. The second-order valence-corrected chi connectivity index (χ2v) is 7.64. The average molecular weight is 400 g/mol. The van der Waals surface area contributed by atoms with Gasteiger partial charge in [0.2, 0.25) is 0 Å². The van der Waals surface area contributed by atoms with Crippen LogP contribution in [0, 0.1) is 6.92 Å². The van der Waals surface area contributed by atoms with Gasteiger partial charge in [0.1, 0.15) is 4.88 Å². The molecule has 1 N–H and O–H groups in total. The lowest BCUT2D eigenvalue weighted by Gasteiger charge is -2.20. The molecule has 0 spiro atoms. The van der Waals surface area contributed by atoms with Crippen LogP contribution in [0.4, 0.5) is 5.69 Å². The molecule has 2 aromatic carbocycles. The molecule has 0 saturated carbocycles. The number of rotatable bonds is 6. The van der Waals surface area contributed by atoms with Crippen molar-refractivity contribution in [3.63, 3.8) is 0 Å². The lowest BCUT2D eigenvalue weighted by molar-refractivity contribution is 0.0959. The fraction of sp³-hybridized carbons (Fsp3) is 0.238. The summed E-state index contributed by atoms with van der Waals surface area (Å²) in [5.41, 5.74) is 5.80. The van der Waals surface area contributed by atoms with Crippen molar-refractivity contribution in [1.82, 2.24) is 5.43 Å². The Morgan fingerprint density at radius 3 is 2.56 bits per heavy atom. The van der Waals surface area contributed by atoms with Gasteiger partial charge in [-0.25, -0.2) is 5.43 Å². The Labute approximate surface area is 168 Å². The third kappa shape index (κ3) is 4.31. The van der Waals surface area contributed by atoms with Crippen LogP contribution in [0.3, 0.4) is 0 Å². The maximum absolute atomic E-state index is 12.4. The van der Waals surface area contributed by atoms with E-state index < -0.39 is 0 Å². The summed E-state index contributed by atoms with van der Waals surface area (Å²) in [6.45, 7) is 8.22. The smallest absolute Gasteiger partial charge is 0.283 e. The van der Waals surface area contributed by atoms with Crippen molar-refractivity contribution in [3.05, 3.63) is 63.5 Å². The van der Waals surface area contributed by atoms with Crippen molar-refractivity contribution in [2.75, 3.05) is 18.0 Å². The van der Waals surface area contributed by atoms with Crippen molar-refractivity contribution >= 4 is 50.8 Å². The fourth-order valence-corrected chi connectivity index (χ4v) is 4.40. The van der Waals surface area contributed by atoms with E-state index in [4.69, 9.17) is 11.6 Å². The van der Waals surface area contributed by atoms with Gasteiger partial charge in [-0.3, -0.25) is 4.79 Å². The second-order valence-electron chi connectivity index (χ2n) is 6.21. The Kier molecular flexibility index (Phi) is 6.14. The number of nitrogens with zero attached hydrogens (tertiary/aromatic N) is 2. The molecule has 1 amide bonds. The van der Waals surface area contributed by atoms with E-state index in [1.54, 1.807) is 6.21 Å². The minimum atomic E-state index is -0.296. The molecule has 1 aromatic heterocycles. The number of halogens is 1. The zero-order chi connectivity index (χ0) is 19.4. The van der Waals surface area contributed by atoms with Gasteiger partial charge in [0.25, 0.3) is 5.91 Å². The second kappa shape index (κ2) is 8.55. The molecule has 1 heterocycles. The molecule has 0 bridgehead atoms. The standard InChI is InChI=1S/C21H22ClN3OS/c1-4-25(5-2)16-9-7-15(8-10-16)13-23-24-21(26)20-19(22)17-11-6-14(3)12-18(17)27-20/h6-13H,4-5H2,1-3H3,(H,24,26)/b23-13+. The number of hydrogen-bond acceptors (Lipinski definition) is 4. The zero-order valence-corrected chi connectivity index (χ0v) is 17.2. The minimum Gasteiger partial charge on any atom is -0.372 e. The first-order chi connectivity index (χ1) is 13.0. The van der Waals surface area contributed by atoms with Gasteiger partial charge in [-0.2, -0.15) is 5.10 Å². The van der Waals surface area contributed by atoms with Crippen molar-refractivity contribution in [1.29, 1.82) is 0 Å². The Bertz CT molecular complexity index is 975. The van der Waals surface area contributed by atoms with Crippen LogP contribution >= 0.6 is 22.9 Å². The maximum Gasteiger partial charge on any atom is 0.283 e. The van der Waals surface area contributed by atoms with Gasteiger partial charge in [0.05, 0.1) is 11.2 Å². The molecule has 0 aliphatic heterocycles. The Morgan fingerprint density at radius 2 is 1.89 bits per heavy atom. The fourth-order valence-electron chi connectivity index (χ4n) is 2.89. The van der Waals surface area contributed by atoms with E-state index in [2.05, 4.69) is 41.4 Å². The lowest BCUT2D eigenvalue weighted by atomic mass is 10.2. The third-order valence-electron chi connectivity index (χ3n) is 4.39. The summed E-state index contributed by atoms with van der Waals surface area (Å²) in [5.74, 6) is -0.296. The molecule has 0 atom stereocenters. The van der Waals surface area contributed by atoms with E-state index in [0.29, 0.717) is 9.90 Å². The third-order valence-corrected chi connectivity index (χ3v) is 6.05. The Hall–Kier alpha value is -2.37. The first-order valence-corrected chi connectivity index (χ1v) is 10.1. The number of benzene rings is 2. The van der Waals surface area contributed by atoms with Crippen LogP contribution in [-0.2, 0) is 0 Å². The highest BCUT2D eigenvalue weighted by Gasteiger charge is 2.16. The molecular formula is C21H22ClN3OS. The molecule has 3 aromatic rings. The van der Waals surface area contributed by atoms with E-state index >= 15 is 0 Å². The van der Waals surface area contributed by atoms with Crippen molar-refractivity contribution in [2.24, 2.45) is 5.10 Å². The molecule has 4 nitrogen and oxygen atoms in total. The number of thiophene rings is 1. The Morgan fingerprint density at radius 1 is 1.19 bits per heavy atom. The van der Waals surface area contributed by atoms with Crippen LogP contribution < -0.4 is 10.3 Å². The maximum atomic E-state index is 12.4. The van der Waals surface area contributed by atoms with E-state index in [-0.39, 0.29) is 5.91 Å². The summed E-state index contributed by atoms with van der Waals surface area (Å²) in [5, 5.41) is 5.45. The van der Waals surface area contributed by atoms with E-state index in [0.717, 1.165) is 34.3 Å². The SMILES string of the molecule is CCN(CC)c1ccc(/C=N/NC(=O)c2sc3cc(C)ccc3c2Cl)cc1. The van der Waals surface area contributed by atoms with Gasteiger partial charge in [-0.1, -0.05) is 35.9 Å². The summed E-state index contributed by atoms with van der Waals surface area (Å²) in [6, 6.07) is 14.0. The predicted octanol–water partition coefficient (Wildman–Crippen LogP) is 5.47. The highest BCUT2D eigenvalue weighted by atomic mass is 35.5. The summed E-state index contributed by atoms with van der Waals surface area (Å²) < 4.78 is 1.00. The topological polar surface area (TPSA) is 44.7 Å². The van der Waals surface area contributed by atoms with E-state index in [1.807, 2.05) is 37.3 Å². The normalized spacial score (nSPS) is 11.3. The summed E-state index contributed by atoms with van der Waals surface area (Å²) >= 11 is 7.75. The lowest BCUT2D eigenvalue weighted by Crippen LogP contribution is -2.21. The predicted molar refractivity (Wildman–Crippen MR) is 117 cm³/mol. The molecular weight excluding hydrogens is 378 g/mol. The zero-order valence-electron chi connectivity index (χ0n) is 15.6. The molecule has 140 valence electrons. The number of carbonyl (C=O) groups is 1. The van der Waals surface area contributed by atoms with Gasteiger partial charge in [-0.15, -0.1) is 11.3 Å². The first kappa shape index (κ1) is 19.4. The van der Waals surface area contributed by atoms with E-state index in [1.165, 1.54) is 17.0 Å². The number of hydrogen-bond donors (Lipinski definition) is 1. The number of carbonyl (C=O) groups excluding carboxylic acids is 1. The molecule has 0 saturated heterocycles. The van der Waals surface area contributed by atoms with Crippen LogP contribution in [0.2, 0.25) is 5.02 Å². The Balaban J connectivity index is 1.69. The molecule has 3 rings (SSSR count). The largest absolute Gasteiger partial charge is 0.372 e. The molecule has 0 aliphatic rings. The molecule has 0 radical (unpaired) electrons. The summed E-state index contributed by atoms with van der Waals surface area (Å²) in [7, 11) is 0. The highest BCUT2D eigenvalue weighted by molar-refractivity contribution is 7.21. The molecule has 0 aliphatic carbocycles.